The molecule has 3 heteroatoms. The van der Waals surface area contributed by atoms with Crippen molar-refractivity contribution in [3.63, 3.8) is 0 Å². The maximum Gasteiger partial charge on any atom is 0.151 e. The largest absolute Gasteiger partial charge is 0.388 e. The van der Waals surface area contributed by atoms with Crippen LogP contribution in [0.4, 0.5) is 5.69 Å². The molecule has 1 aromatic carbocycles. The predicted molar refractivity (Wildman–Crippen MR) is 50.5 cm³/mol. The summed E-state index contributed by atoms with van der Waals surface area (Å²) < 4.78 is 0. The number of aryl methyl sites for hydroxylation is 1. The molecule has 0 spiro atoms. The van der Waals surface area contributed by atoms with E-state index in [2.05, 4.69) is 5.32 Å². The van der Waals surface area contributed by atoms with E-state index in [1.807, 2.05) is 25.1 Å². The fourth-order valence-corrected chi connectivity index (χ4v) is 1.68. The van der Waals surface area contributed by atoms with Gasteiger partial charge in [-0.3, -0.25) is 0 Å². The lowest BCUT2D eigenvalue weighted by molar-refractivity contribution is 0.0332. The Labute approximate surface area is 77.0 Å². The van der Waals surface area contributed by atoms with Crippen molar-refractivity contribution in [1.82, 2.24) is 0 Å². The quantitative estimate of drug-likeness (QED) is 0.548. The molecule has 0 amide bonds. The van der Waals surface area contributed by atoms with Gasteiger partial charge in [-0.25, -0.2) is 0 Å². The molecular formula is C10H13NO2. The van der Waals surface area contributed by atoms with Gasteiger partial charge >= 0.3 is 0 Å². The summed E-state index contributed by atoms with van der Waals surface area (Å²) >= 11 is 0. The number of anilines is 1. The fourth-order valence-electron chi connectivity index (χ4n) is 1.68. The Kier molecular flexibility index (Phi) is 1.98. The average molecular weight is 179 g/mol. The highest BCUT2D eigenvalue weighted by atomic mass is 16.3. The molecule has 0 aliphatic carbocycles. The van der Waals surface area contributed by atoms with E-state index >= 15 is 0 Å². The fraction of sp³-hybridized carbons (Fsp3) is 0.400. The molecule has 0 saturated carbocycles. The predicted octanol–water partition coefficient (Wildman–Crippen LogP) is 0.642. The van der Waals surface area contributed by atoms with Crippen LogP contribution >= 0.6 is 0 Å². The monoisotopic (exact) mass is 179 g/mol. The summed E-state index contributed by atoms with van der Waals surface area (Å²) in [6.45, 7) is 2.00. The van der Waals surface area contributed by atoms with E-state index in [0.717, 1.165) is 16.8 Å². The van der Waals surface area contributed by atoms with Crippen LogP contribution in [0, 0.1) is 6.92 Å². The molecule has 13 heavy (non-hydrogen) atoms. The molecule has 2 atom stereocenters. The molecule has 1 aliphatic rings. The normalized spacial score (nSPS) is 26.4. The number of aliphatic hydroxyl groups is 2. The molecule has 1 heterocycles. The molecule has 3 nitrogen and oxygen atoms in total. The zero-order valence-corrected chi connectivity index (χ0v) is 7.49. The van der Waals surface area contributed by atoms with Gasteiger partial charge in [0.2, 0.25) is 0 Å². The van der Waals surface area contributed by atoms with Gasteiger partial charge < -0.3 is 15.5 Å². The average Bonchev–Trinajstić information content (AvgIpc) is 2.09. The second-order valence-electron chi connectivity index (χ2n) is 3.46. The third-order valence-corrected chi connectivity index (χ3v) is 2.49. The summed E-state index contributed by atoms with van der Waals surface area (Å²) in [6, 6.07) is 5.86. The Morgan fingerprint density at radius 1 is 1.38 bits per heavy atom. The van der Waals surface area contributed by atoms with Gasteiger partial charge in [0.05, 0.1) is 0 Å². The molecule has 1 aromatic rings. The van der Waals surface area contributed by atoms with Crippen molar-refractivity contribution in [3.05, 3.63) is 29.3 Å². The Bertz CT molecular complexity index is 325. The van der Waals surface area contributed by atoms with Crippen LogP contribution < -0.4 is 5.32 Å². The van der Waals surface area contributed by atoms with Crippen LogP contribution in [-0.4, -0.2) is 22.5 Å². The summed E-state index contributed by atoms with van der Waals surface area (Å²) in [4.78, 5) is 0. The Hall–Kier alpha value is -1.06. The summed E-state index contributed by atoms with van der Waals surface area (Å²) in [7, 11) is 0. The summed E-state index contributed by atoms with van der Waals surface area (Å²) in [6.07, 6.45) is -1.02. The number of aliphatic hydroxyl groups excluding tert-OH is 2. The summed E-state index contributed by atoms with van der Waals surface area (Å²) in [5.74, 6) is 0. The van der Waals surface area contributed by atoms with Crippen LogP contribution in [0.1, 0.15) is 11.1 Å². The minimum absolute atomic E-state index is 0.524. The van der Waals surface area contributed by atoms with E-state index in [1.54, 1.807) is 0 Å². The molecule has 0 bridgehead atoms. The molecule has 0 saturated heterocycles. The van der Waals surface area contributed by atoms with Crippen LogP contribution in [0.2, 0.25) is 0 Å². The second-order valence-corrected chi connectivity index (χ2v) is 3.46. The molecular weight excluding hydrogens is 166 g/mol. The third kappa shape index (κ3) is 1.41. The second kappa shape index (κ2) is 3.01. The molecule has 2 rings (SSSR count). The van der Waals surface area contributed by atoms with Crippen molar-refractivity contribution in [1.29, 1.82) is 0 Å². The first-order valence-corrected chi connectivity index (χ1v) is 4.39. The smallest absolute Gasteiger partial charge is 0.151 e. The number of hydrogen-bond acceptors (Lipinski definition) is 3. The van der Waals surface area contributed by atoms with Gasteiger partial charge in [0.25, 0.3) is 0 Å². The minimum atomic E-state index is -0.839. The zero-order valence-electron chi connectivity index (χ0n) is 7.49. The van der Waals surface area contributed by atoms with Gasteiger partial charge in [-0.1, -0.05) is 12.1 Å². The van der Waals surface area contributed by atoms with Crippen molar-refractivity contribution < 1.29 is 10.2 Å². The van der Waals surface area contributed by atoms with E-state index in [9.17, 15) is 10.2 Å². The number of nitrogens with one attached hydrogen (secondary N) is 1. The summed E-state index contributed by atoms with van der Waals surface area (Å²) in [5, 5.41) is 21.6. The lowest BCUT2D eigenvalue weighted by Gasteiger charge is -2.28. The van der Waals surface area contributed by atoms with E-state index in [4.69, 9.17) is 0 Å². The van der Waals surface area contributed by atoms with Gasteiger partial charge in [-0.05, 0) is 24.1 Å². The van der Waals surface area contributed by atoms with Gasteiger partial charge in [0.15, 0.2) is 6.23 Å². The van der Waals surface area contributed by atoms with Gasteiger partial charge in [-0.2, -0.15) is 0 Å². The maximum absolute atomic E-state index is 9.44. The van der Waals surface area contributed by atoms with Crippen LogP contribution in [0.15, 0.2) is 18.2 Å². The highest BCUT2D eigenvalue weighted by Gasteiger charge is 2.24. The van der Waals surface area contributed by atoms with E-state index < -0.39 is 12.3 Å². The first-order valence-electron chi connectivity index (χ1n) is 4.39. The Balaban J connectivity index is 2.42. The third-order valence-electron chi connectivity index (χ3n) is 2.49. The molecule has 0 fully saturated rings. The Morgan fingerprint density at radius 2 is 2.15 bits per heavy atom. The van der Waals surface area contributed by atoms with Crippen molar-refractivity contribution in [2.24, 2.45) is 0 Å². The Morgan fingerprint density at radius 3 is 2.92 bits per heavy atom. The number of fused-ring (bicyclic) bond motifs is 1. The van der Waals surface area contributed by atoms with E-state index in [1.165, 1.54) is 0 Å². The lowest BCUT2D eigenvalue weighted by Crippen LogP contribution is -2.39. The lowest BCUT2D eigenvalue weighted by atomic mass is 9.96. The van der Waals surface area contributed by atoms with Crippen molar-refractivity contribution in [3.8, 4) is 0 Å². The van der Waals surface area contributed by atoms with Gasteiger partial charge in [0, 0.05) is 12.1 Å². The zero-order chi connectivity index (χ0) is 9.42. The van der Waals surface area contributed by atoms with Crippen LogP contribution in [0.5, 0.6) is 0 Å². The van der Waals surface area contributed by atoms with Crippen LogP contribution in [-0.2, 0) is 6.42 Å². The van der Waals surface area contributed by atoms with Crippen molar-refractivity contribution >= 4 is 5.69 Å². The highest BCUT2D eigenvalue weighted by molar-refractivity contribution is 5.57. The summed E-state index contributed by atoms with van der Waals surface area (Å²) in [5.41, 5.74) is 3.18. The van der Waals surface area contributed by atoms with E-state index in [-0.39, 0.29) is 0 Å². The maximum atomic E-state index is 9.44. The molecule has 3 N–H and O–H groups in total. The molecule has 2 unspecified atom stereocenters. The minimum Gasteiger partial charge on any atom is -0.388 e. The molecule has 0 radical (unpaired) electrons. The topological polar surface area (TPSA) is 52.5 Å². The van der Waals surface area contributed by atoms with E-state index in [0.29, 0.717) is 6.42 Å². The molecule has 70 valence electrons. The highest BCUT2D eigenvalue weighted by Crippen LogP contribution is 2.26. The number of benzene rings is 1. The number of hydrogen-bond donors (Lipinski definition) is 3. The standard InChI is InChI=1S/C10H13NO2/c1-6-3-2-4-8-7(6)5-9(12)10(13)11-8/h2-4,9-13H,5H2,1H3. The van der Waals surface area contributed by atoms with Crippen LogP contribution in [0.25, 0.3) is 0 Å². The first kappa shape index (κ1) is 8.53. The van der Waals surface area contributed by atoms with Crippen molar-refractivity contribution in [2.75, 3.05) is 5.32 Å². The van der Waals surface area contributed by atoms with Crippen LogP contribution in [0.3, 0.4) is 0 Å². The number of rotatable bonds is 0. The molecule has 0 aromatic heterocycles. The van der Waals surface area contributed by atoms with Crippen molar-refractivity contribution in [2.45, 2.75) is 25.7 Å². The van der Waals surface area contributed by atoms with Gasteiger partial charge in [-0.15, -0.1) is 0 Å². The van der Waals surface area contributed by atoms with Gasteiger partial charge in [0.1, 0.15) is 6.10 Å². The SMILES string of the molecule is Cc1cccc2c1CC(O)C(O)N2. The molecule has 1 aliphatic heterocycles. The first-order chi connectivity index (χ1) is 6.18.